The number of thioether (sulfide) groups is 1. The fraction of sp³-hybridized carbons (Fsp3) is 0.250. The zero-order chi connectivity index (χ0) is 20.3. The molecule has 0 aliphatic heterocycles. The molecule has 0 radical (unpaired) electrons. The van der Waals surface area contributed by atoms with Gasteiger partial charge in [0.2, 0.25) is 5.91 Å². The molecule has 2 aromatic carbocycles. The summed E-state index contributed by atoms with van der Waals surface area (Å²) in [7, 11) is 0. The molecule has 3 rings (SSSR count). The Balaban J connectivity index is 1.87. The molecule has 8 heteroatoms. The molecule has 0 unspecified atom stereocenters. The predicted molar refractivity (Wildman–Crippen MR) is 119 cm³/mol. The van der Waals surface area contributed by atoms with Crippen molar-refractivity contribution in [1.82, 2.24) is 9.55 Å². The lowest BCUT2D eigenvalue weighted by Gasteiger charge is -2.15. The van der Waals surface area contributed by atoms with Gasteiger partial charge in [-0.1, -0.05) is 65.3 Å². The van der Waals surface area contributed by atoms with Crippen LogP contribution in [0.1, 0.15) is 13.8 Å². The fourth-order valence-corrected chi connectivity index (χ4v) is 4.04. The van der Waals surface area contributed by atoms with Crippen LogP contribution in [0.25, 0.3) is 10.9 Å². The molecule has 1 aromatic heterocycles. The molecule has 1 amide bonds. The largest absolute Gasteiger partial charge is 0.324 e. The van der Waals surface area contributed by atoms with Crippen LogP contribution >= 0.6 is 39.3 Å². The molecule has 0 saturated heterocycles. The number of halogens is 2. The minimum absolute atomic E-state index is 0.103. The summed E-state index contributed by atoms with van der Waals surface area (Å²) in [4.78, 5) is 30.0. The first-order chi connectivity index (χ1) is 13.3. The van der Waals surface area contributed by atoms with E-state index >= 15 is 0 Å². The van der Waals surface area contributed by atoms with Crippen molar-refractivity contribution in [3.05, 3.63) is 62.3 Å². The average Bonchev–Trinajstić information content (AvgIpc) is 2.65. The first kappa shape index (κ1) is 20.9. The lowest BCUT2D eigenvalue weighted by atomic mass is 10.2. The molecule has 3 aromatic rings. The number of hydrogen-bond acceptors (Lipinski definition) is 4. The highest BCUT2D eigenvalue weighted by molar-refractivity contribution is 9.10. The Labute approximate surface area is 180 Å². The van der Waals surface area contributed by atoms with E-state index < -0.39 is 0 Å². The van der Waals surface area contributed by atoms with Crippen LogP contribution < -0.4 is 10.9 Å². The Morgan fingerprint density at radius 2 is 2.04 bits per heavy atom. The van der Waals surface area contributed by atoms with Crippen LogP contribution in [0.3, 0.4) is 0 Å². The first-order valence-electron chi connectivity index (χ1n) is 8.72. The van der Waals surface area contributed by atoms with E-state index in [1.165, 1.54) is 11.8 Å². The number of aromatic nitrogens is 2. The summed E-state index contributed by atoms with van der Waals surface area (Å²) in [6, 6.07) is 12.5. The van der Waals surface area contributed by atoms with Crippen LogP contribution in [0.4, 0.5) is 5.69 Å². The molecule has 0 aliphatic rings. The number of nitrogens with one attached hydrogen (secondary N) is 1. The number of fused-ring (bicyclic) bond motifs is 1. The van der Waals surface area contributed by atoms with Crippen LogP contribution in [0.15, 0.2) is 56.9 Å². The SMILES string of the molecule is CC(C)Cn1c(SCC(=O)Nc2ccccc2Cl)nc2ccc(Br)cc2c1=O. The average molecular weight is 481 g/mol. The van der Waals surface area contributed by atoms with E-state index in [4.69, 9.17) is 11.6 Å². The summed E-state index contributed by atoms with van der Waals surface area (Å²) in [5.41, 5.74) is 1.07. The van der Waals surface area contributed by atoms with E-state index in [0.717, 1.165) is 4.47 Å². The zero-order valence-corrected chi connectivity index (χ0v) is 18.6. The molecular weight excluding hydrogens is 462 g/mol. The van der Waals surface area contributed by atoms with Crippen LogP contribution in [-0.4, -0.2) is 21.2 Å². The molecule has 0 atom stereocenters. The highest BCUT2D eigenvalue weighted by atomic mass is 79.9. The molecule has 1 N–H and O–H groups in total. The lowest BCUT2D eigenvalue weighted by molar-refractivity contribution is -0.113. The molecule has 0 aliphatic carbocycles. The van der Waals surface area contributed by atoms with Crippen molar-refractivity contribution in [3.8, 4) is 0 Å². The van der Waals surface area contributed by atoms with E-state index in [1.807, 2.05) is 19.9 Å². The van der Waals surface area contributed by atoms with Crippen LogP contribution in [0, 0.1) is 5.92 Å². The number of carbonyl (C=O) groups excluding carboxylic acids is 1. The highest BCUT2D eigenvalue weighted by Crippen LogP contribution is 2.23. The second-order valence-corrected chi connectivity index (χ2v) is 8.95. The molecule has 0 spiro atoms. The number of benzene rings is 2. The maximum atomic E-state index is 13.0. The zero-order valence-electron chi connectivity index (χ0n) is 15.4. The van der Waals surface area contributed by atoms with Gasteiger partial charge in [-0.25, -0.2) is 4.98 Å². The van der Waals surface area contributed by atoms with Gasteiger partial charge in [-0.05, 0) is 36.2 Å². The molecule has 0 saturated carbocycles. The third-order valence-electron chi connectivity index (χ3n) is 3.91. The van der Waals surface area contributed by atoms with E-state index in [-0.39, 0.29) is 23.1 Å². The van der Waals surface area contributed by atoms with Gasteiger partial charge in [-0.3, -0.25) is 14.2 Å². The van der Waals surface area contributed by atoms with Gasteiger partial charge < -0.3 is 5.32 Å². The first-order valence-corrected chi connectivity index (χ1v) is 10.9. The summed E-state index contributed by atoms with van der Waals surface area (Å²) in [6.07, 6.45) is 0. The topological polar surface area (TPSA) is 64.0 Å². The van der Waals surface area contributed by atoms with Crippen LogP contribution in [0.2, 0.25) is 5.02 Å². The molecule has 0 fully saturated rings. The maximum absolute atomic E-state index is 13.0. The number of anilines is 1. The number of amides is 1. The van der Waals surface area contributed by atoms with Gasteiger partial charge >= 0.3 is 0 Å². The van der Waals surface area contributed by atoms with Gasteiger partial charge in [0.1, 0.15) is 0 Å². The lowest BCUT2D eigenvalue weighted by Crippen LogP contribution is -2.26. The molecule has 1 heterocycles. The quantitative estimate of drug-likeness (QED) is 0.389. The van der Waals surface area contributed by atoms with Crippen LogP contribution in [0.5, 0.6) is 0 Å². The van der Waals surface area contributed by atoms with Crippen molar-refractivity contribution in [2.24, 2.45) is 5.92 Å². The third kappa shape index (κ3) is 4.96. The minimum atomic E-state index is -0.209. The number of nitrogens with zero attached hydrogens (tertiary/aromatic N) is 2. The number of hydrogen-bond donors (Lipinski definition) is 1. The van der Waals surface area contributed by atoms with Gasteiger partial charge in [0.15, 0.2) is 5.16 Å². The standard InChI is InChI=1S/C20H19BrClN3O2S/c1-12(2)10-25-19(27)14-9-13(21)7-8-16(14)24-20(25)28-11-18(26)23-17-6-4-3-5-15(17)22/h3-9,12H,10-11H2,1-2H3,(H,23,26). The Bertz CT molecular complexity index is 1080. The van der Waals surface area contributed by atoms with Gasteiger partial charge in [-0.2, -0.15) is 0 Å². The normalized spacial score (nSPS) is 11.2. The van der Waals surface area contributed by atoms with Crippen molar-refractivity contribution in [3.63, 3.8) is 0 Å². The van der Waals surface area contributed by atoms with Gasteiger partial charge in [0, 0.05) is 11.0 Å². The molecule has 146 valence electrons. The van der Waals surface area contributed by atoms with Crippen molar-refractivity contribution < 1.29 is 4.79 Å². The minimum Gasteiger partial charge on any atom is -0.324 e. The van der Waals surface area contributed by atoms with Crippen molar-refractivity contribution >= 4 is 61.8 Å². The molecular formula is C20H19BrClN3O2S. The summed E-state index contributed by atoms with van der Waals surface area (Å²) in [5, 5.41) is 4.35. The molecule has 5 nitrogen and oxygen atoms in total. The number of para-hydroxylation sites is 1. The summed E-state index contributed by atoms with van der Waals surface area (Å²) in [5.74, 6) is 0.178. The summed E-state index contributed by atoms with van der Waals surface area (Å²) >= 11 is 10.7. The maximum Gasteiger partial charge on any atom is 0.262 e. The molecule has 0 bridgehead atoms. The summed E-state index contributed by atoms with van der Waals surface area (Å²) in [6.45, 7) is 4.61. The van der Waals surface area contributed by atoms with Crippen molar-refractivity contribution in [2.75, 3.05) is 11.1 Å². The molecule has 28 heavy (non-hydrogen) atoms. The third-order valence-corrected chi connectivity index (χ3v) is 5.71. The van der Waals surface area contributed by atoms with E-state index in [1.54, 1.807) is 41.0 Å². The van der Waals surface area contributed by atoms with Crippen molar-refractivity contribution in [2.45, 2.75) is 25.5 Å². The summed E-state index contributed by atoms with van der Waals surface area (Å²) < 4.78 is 2.47. The van der Waals surface area contributed by atoms with Gasteiger partial charge in [0.05, 0.1) is 27.4 Å². The van der Waals surface area contributed by atoms with Gasteiger partial charge in [-0.15, -0.1) is 0 Å². The Hall–Kier alpha value is -1.83. The Morgan fingerprint density at radius 3 is 2.75 bits per heavy atom. The van der Waals surface area contributed by atoms with Gasteiger partial charge in [0.25, 0.3) is 5.56 Å². The van der Waals surface area contributed by atoms with E-state index in [2.05, 4.69) is 26.2 Å². The fourth-order valence-electron chi connectivity index (χ4n) is 2.69. The second kappa shape index (κ2) is 9.11. The predicted octanol–water partition coefficient (Wildman–Crippen LogP) is 5.20. The number of carbonyl (C=O) groups is 1. The monoisotopic (exact) mass is 479 g/mol. The highest BCUT2D eigenvalue weighted by Gasteiger charge is 2.15. The smallest absolute Gasteiger partial charge is 0.262 e. The van der Waals surface area contributed by atoms with E-state index in [9.17, 15) is 9.59 Å². The van der Waals surface area contributed by atoms with E-state index in [0.29, 0.717) is 33.3 Å². The number of rotatable bonds is 6. The van der Waals surface area contributed by atoms with Crippen molar-refractivity contribution in [1.29, 1.82) is 0 Å². The Morgan fingerprint density at radius 1 is 1.29 bits per heavy atom. The Kier molecular flexibility index (Phi) is 6.80. The second-order valence-electron chi connectivity index (χ2n) is 6.68. The van der Waals surface area contributed by atoms with Crippen LogP contribution in [-0.2, 0) is 11.3 Å².